The number of rotatable bonds is 8. The first-order valence-electron chi connectivity index (χ1n) is 10.5. The van der Waals surface area contributed by atoms with Crippen LogP contribution in [-0.2, 0) is 25.0 Å². The second kappa shape index (κ2) is 11.2. The summed E-state index contributed by atoms with van der Waals surface area (Å²) in [4.78, 5) is 24.8. The number of hydrogen-bond donors (Lipinski definition) is 4. The summed E-state index contributed by atoms with van der Waals surface area (Å²) in [7, 11) is -1.05. The number of nitrogens with zero attached hydrogens (tertiary/aromatic N) is 1. The number of nitrogens with one attached hydrogen (secondary N) is 2. The van der Waals surface area contributed by atoms with Crippen LogP contribution in [0.1, 0.15) is 36.7 Å². The van der Waals surface area contributed by atoms with Crippen LogP contribution >= 0.6 is 11.6 Å². The number of sulfonamides is 1. The average molecular weight is 541 g/mol. The lowest BCUT2D eigenvalue weighted by Crippen LogP contribution is -2.53. The zero-order valence-corrected chi connectivity index (χ0v) is 22.5. The van der Waals surface area contributed by atoms with Crippen LogP contribution in [0.4, 0.5) is 17.1 Å². The Kier molecular flexibility index (Phi) is 8.97. The number of hydrogen-bond acceptors (Lipinski definition) is 8. The monoisotopic (exact) mass is 540 g/mol. The number of benzene rings is 2. The van der Waals surface area contributed by atoms with Gasteiger partial charge in [0.25, 0.3) is 5.91 Å². The first-order valence-corrected chi connectivity index (χ1v) is 12.8. The summed E-state index contributed by atoms with van der Waals surface area (Å²) in [5.41, 5.74) is 4.79. The van der Waals surface area contributed by atoms with Crippen LogP contribution in [0.5, 0.6) is 5.75 Å². The van der Waals surface area contributed by atoms with Crippen molar-refractivity contribution in [2.75, 3.05) is 35.5 Å². The number of carbonyl (C=O) groups excluding carboxylic acids is 2. The third-order valence-corrected chi connectivity index (χ3v) is 5.84. The van der Waals surface area contributed by atoms with Crippen LogP contribution in [0.2, 0.25) is 5.02 Å². The van der Waals surface area contributed by atoms with E-state index in [9.17, 15) is 18.0 Å². The molecule has 0 aliphatic heterocycles. The molecule has 0 heterocycles. The number of ether oxygens (including phenoxy) is 2. The van der Waals surface area contributed by atoms with E-state index in [1.807, 2.05) is 20.8 Å². The van der Waals surface area contributed by atoms with Gasteiger partial charge in [0.1, 0.15) is 0 Å². The zero-order valence-electron chi connectivity index (χ0n) is 20.9. The minimum absolute atomic E-state index is 0.0273. The predicted octanol–water partition coefficient (Wildman–Crippen LogP) is 2.21. The smallest absolute Gasteiger partial charge is 0.393 e. The largest absolute Gasteiger partial charge is 0.492 e. The molecule has 1 amide bonds. The van der Waals surface area contributed by atoms with Gasteiger partial charge in [0.2, 0.25) is 15.7 Å². The van der Waals surface area contributed by atoms with E-state index in [0.717, 1.165) is 16.8 Å². The van der Waals surface area contributed by atoms with E-state index in [1.54, 1.807) is 12.1 Å². The maximum atomic E-state index is 13.2. The topological polar surface area (TPSA) is 168 Å². The van der Waals surface area contributed by atoms with Crippen LogP contribution in [-0.4, -0.2) is 40.8 Å². The Morgan fingerprint density at radius 1 is 1.14 bits per heavy atom. The second-order valence-corrected chi connectivity index (χ2v) is 11.1. The molecular weight excluding hydrogens is 510 g/mol. The van der Waals surface area contributed by atoms with Gasteiger partial charge in [0.15, 0.2) is 5.75 Å². The normalized spacial score (nSPS) is 12.1. The van der Waals surface area contributed by atoms with Gasteiger partial charge in [0, 0.05) is 5.56 Å². The SMILES string of the molecule is COC(=O)/C([NH3+])=C/N(N)c1cc(C(=O)Nc2cc(C(C)(C)C)cc(NS(C)(=O)=O)c2OC)ccc1Cl. The van der Waals surface area contributed by atoms with E-state index in [4.69, 9.17) is 22.2 Å². The van der Waals surface area contributed by atoms with Gasteiger partial charge in [-0.15, -0.1) is 0 Å². The number of methoxy groups -OCH3 is 2. The van der Waals surface area contributed by atoms with Crippen LogP contribution in [0.3, 0.4) is 0 Å². The average Bonchev–Trinajstić information content (AvgIpc) is 2.76. The lowest BCUT2D eigenvalue weighted by molar-refractivity contribution is -0.303. The molecule has 2 aromatic rings. The van der Waals surface area contributed by atoms with E-state index in [1.165, 1.54) is 38.6 Å². The second-order valence-electron chi connectivity index (χ2n) is 8.90. The molecular formula is C23H31ClN5O6S+. The molecule has 7 N–H and O–H groups in total. The van der Waals surface area contributed by atoms with Gasteiger partial charge >= 0.3 is 5.97 Å². The highest BCUT2D eigenvalue weighted by Crippen LogP contribution is 2.39. The highest BCUT2D eigenvalue weighted by atomic mass is 35.5. The van der Waals surface area contributed by atoms with Crippen molar-refractivity contribution in [3.05, 3.63) is 58.4 Å². The molecule has 0 aliphatic rings. The third-order valence-electron chi connectivity index (χ3n) is 4.93. The number of halogens is 1. The van der Waals surface area contributed by atoms with E-state index in [0.29, 0.717) is 0 Å². The number of carbonyl (C=O) groups is 2. The molecule has 0 saturated heterocycles. The first-order chi connectivity index (χ1) is 16.6. The summed E-state index contributed by atoms with van der Waals surface area (Å²) in [6, 6.07) is 7.75. The van der Waals surface area contributed by atoms with E-state index >= 15 is 0 Å². The molecule has 0 bridgehead atoms. The molecule has 0 aliphatic carbocycles. The standard InChI is InChI=1S/C23H30ClN5O6S/c1-23(2,3)14-10-17(20(34-4)18(11-14)28-36(6,32)33)27-21(30)13-7-8-15(24)19(9-13)29(26)12-16(25)22(31)35-5/h7-12,28H,25-26H2,1-6H3,(H,27,30)/p+1/b16-12-. The predicted molar refractivity (Wildman–Crippen MR) is 139 cm³/mol. The summed E-state index contributed by atoms with van der Waals surface area (Å²) < 4.78 is 36.3. The number of hydrazine groups is 1. The summed E-state index contributed by atoms with van der Waals surface area (Å²) in [5.74, 6) is 4.93. The maximum Gasteiger partial charge on any atom is 0.393 e. The van der Waals surface area contributed by atoms with E-state index in [2.05, 4.69) is 20.5 Å². The molecule has 2 rings (SSSR count). The lowest BCUT2D eigenvalue weighted by atomic mass is 9.86. The molecule has 0 spiro atoms. The summed E-state index contributed by atoms with van der Waals surface area (Å²) in [6.45, 7) is 5.85. The highest BCUT2D eigenvalue weighted by Gasteiger charge is 2.23. The number of anilines is 3. The van der Waals surface area contributed by atoms with Crippen LogP contribution < -0.4 is 31.4 Å². The molecule has 0 atom stereocenters. The van der Waals surface area contributed by atoms with Gasteiger partial charge < -0.3 is 20.5 Å². The van der Waals surface area contributed by atoms with Crippen molar-refractivity contribution < 1.29 is 33.2 Å². The molecule has 0 aromatic heterocycles. The zero-order chi connectivity index (χ0) is 27.4. The maximum absolute atomic E-state index is 13.2. The number of quaternary nitrogens is 1. The minimum atomic E-state index is -3.63. The van der Waals surface area contributed by atoms with Crippen molar-refractivity contribution in [1.82, 2.24) is 0 Å². The Morgan fingerprint density at radius 2 is 1.75 bits per heavy atom. The molecule has 0 unspecified atom stereocenters. The molecule has 0 saturated carbocycles. The minimum Gasteiger partial charge on any atom is -0.492 e. The van der Waals surface area contributed by atoms with Gasteiger partial charge in [-0.05, 0) is 41.3 Å². The summed E-state index contributed by atoms with van der Waals surface area (Å²) >= 11 is 6.25. The fraction of sp³-hybridized carbons (Fsp3) is 0.304. The summed E-state index contributed by atoms with van der Waals surface area (Å²) in [6.07, 6.45) is 2.24. The van der Waals surface area contributed by atoms with Gasteiger partial charge in [-0.25, -0.2) is 19.1 Å². The van der Waals surface area contributed by atoms with Crippen LogP contribution in [0.15, 0.2) is 42.2 Å². The van der Waals surface area contributed by atoms with E-state index in [-0.39, 0.29) is 44.5 Å². The van der Waals surface area contributed by atoms with Gasteiger partial charge in [-0.1, -0.05) is 32.4 Å². The highest BCUT2D eigenvalue weighted by molar-refractivity contribution is 7.92. The van der Waals surface area contributed by atoms with Crippen molar-refractivity contribution in [3.63, 3.8) is 0 Å². The third kappa shape index (κ3) is 7.34. The molecule has 36 heavy (non-hydrogen) atoms. The molecule has 0 radical (unpaired) electrons. The quantitative estimate of drug-likeness (QED) is 0.171. The first kappa shape index (κ1) is 28.9. The summed E-state index contributed by atoms with van der Waals surface area (Å²) in [5, 5.41) is 4.03. The Labute approximate surface area is 215 Å². The Hall–Kier alpha value is -3.32. The fourth-order valence-electron chi connectivity index (χ4n) is 3.12. The Balaban J connectivity index is 2.52. The Morgan fingerprint density at radius 3 is 2.28 bits per heavy atom. The molecule has 2 aromatic carbocycles. The van der Waals surface area contributed by atoms with Crippen LogP contribution in [0.25, 0.3) is 0 Å². The van der Waals surface area contributed by atoms with Crippen molar-refractivity contribution in [3.8, 4) is 5.75 Å². The van der Waals surface area contributed by atoms with Gasteiger partial charge in [-0.2, -0.15) is 0 Å². The van der Waals surface area contributed by atoms with Gasteiger partial charge in [0.05, 0.1) is 48.8 Å². The molecule has 11 nitrogen and oxygen atoms in total. The molecule has 0 fully saturated rings. The fourth-order valence-corrected chi connectivity index (χ4v) is 3.88. The molecule has 196 valence electrons. The van der Waals surface area contributed by atoms with Crippen molar-refractivity contribution >= 4 is 50.6 Å². The number of amides is 1. The van der Waals surface area contributed by atoms with Crippen molar-refractivity contribution in [1.29, 1.82) is 0 Å². The van der Waals surface area contributed by atoms with Crippen molar-refractivity contribution in [2.24, 2.45) is 5.84 Å². The van der Waals surface area contributed by atoms with E-state index < -0.39 is 21.9 Å². The van der Waals surface area contributed by atoms with Gasteiger partial charge in [-0.3, -0.25) is 14.5 Å². The number of esters is 1. The lowest BCUT2D eigenvalue weighted by Gasteiger charge is -2.24. The number of nitrogens with two attached hydrogens (primary N) is 1. The van der Waals surface area contributed by atoms with Crippen molar-refractivity contribution in [2.45, 2.75) is 26.2 Å². The molecule has 13 heteroatoms. The Bertz CT molecular complexity index is 1300. The van der Waals surface area contributed by atoms with Crippen LogP contribution in [0, 0.1) is 0 Å².